The Balaban J connectivity index is 1.26. The van der Waals surface area contributed by atoms with Gasteiger partial charge in [0.1, 0.15) is 17.8 Å². The fourth-order valence-electron chi connectivity index (χ4n) is 6.26. The number of aryl methyl sites for hydroxylation is 1. The van der Waals surface area contributed by atoms with Crippen LogP contribution in [0.3, 0.4) is 0 Å². The molecule has 45 heavy (non-hydrogen) atoms. The van der Waals surface area contributed by atoms with Crippen molar-refractivity contribution in [2.45, 2.75) is 18.4 Å². The van der Waals surface area contributed by atoms with Gasteiger partial charge in [0.25, 0.3) is 0 Å². The van der Waals surface area contributed by atoms with Gasteiger partial charge in [-0.3, -0.25) is 9.59 Å². The molecule has 1 aliphatic rings. The molecule has 0 saturated carbocycles. The van der Waals surface area contributed by atoms with Crippen LogP contribution in [0.15, 0.2) is 133 Å². The predicted octanol–water partition coefficient (Wildman–Crippen LogP) is 7.97. The Morgan fingerprint density at radius 3 is 2.24 bits per heavy atom. The second kappa shape index (κ2) is 12.5. The Morgan fingerprint density at radius 2 is 1.51 bits per heavy atom. The summed E-state index contributed by atoms with van der Waals surface area (Å²) < 4.78 is 3.31. The third-order valence-corrected chi connectivity index (χ3v) is 10.2. The molecule has 0 aliphatic carbocycles. The van der Waals surface area contributed by atoms with Crippen molar-refractivity contribution in [2.75, 3.05) is 16.8 Å². The Kier molecular flexibility index (Phi) is 8.08. The van der Waals surface area contributed by atoms with Crippen LogP contribution in [0, 0.1) is 3.57 Å². The topological polar surface area (TPSA) is 67.2 Å². The maximum atomic E-state index is 13.3. The molecule has 222 valence electrons. The normalized spacial score (nSPS) is 13.0. The van der Waals surface area contributed by atoms with Gasteiger partial charge in [-0.15, -0.1) is 11.3 Å². The summed E-state index contributed by atoms with van der Waals surface area (Å²) in [7, 11) is 0. The maximum Gasteiger partial charge on any atom is 0.244 e. The van der Waals surface area contributed by atoms with Gasteiger partial charge in [0.2, 0.25) is 11.8 Å². The first-order valence-electron chi connectivity index (χ1n) is 14.7. The van der Waals surface area contributed by atoms with Gasteiger partial charge in [0.05, 0.1) is 16.9 Å². The Hall–Kier alpha value is -4.54. The van der Waals surface area contributed by atoms with Gasteiger partial charge < -0.3 is 14.8 Å². The number of nitrogens with zero attached hydrogens (tertiary/aromatic N) is 3. The van der Waals surface area contributed by atoms with Crippen molar-refractivity contribution in [2.24, 2.45) is 0 Å². The zero-order valence-electron chi connectivity index (χ0n) is 24.3. The third kappa shape index (κ3) is 5.38. The van der Waals surface area contributed by atoms with Crippen molar-refractivity contribution < 1.29 is 9.59 Å². The van der Waals surface area contributed by atoms with Crippen molar-refractivity contribution in [3.63, 3.8) is 0 Å². The van der Waals surface area contributed by atoms with Gasteiger partial charge in [-0.2, -0.15) is 0 Å². The summed E-state index contributed by atoms with van der Waals surface area (Å²) in [6, 6.07) is 39.1. The van der Waals surface area contributed by atoms with Crippen LogP contribution in [0.4, 0.5) is 11.4 Å². The second-order valence-corrected chi connectivity index (χ2v) is 13.0. The van der Waals surface area contributed by atoms with E-state index in [9.17, 15) is 9.59 Å². The molecule has 0 saturated heterocycles. The molecule has 6 aromatic rings. The number of nitrogens with one attached hydrogen (secondary N) is 1. The lowest BCUT2D eigenvalue weighted by Gasteiger charge is -2.38. The lowest BCUT2D eigenvalue weighted by Crippen LogP contribution is -2.40. The largest absolute Gasteiger partial charge is 0.323 e. The summed E-state index contributed by atoms with van der Waals surface area (Å²) in [5.74, 6) is -0.289. The van der Waals surface area contributed by atoms with Crippen LogP contribution in [-0.4, -0.2) is 27.9 Å². The molecule has 0 radical (unpaired) electrons. The number of hydrogen-bond donors (Lipinski definition) is 1. The highest BCUT2D eigenvalue weighted by Gasteiger charge is 2.40. The number of para-hydroxylation sites is 1. The van der Waals surface area contributed by atoms with Crippen LogP contribution in [0.1, 0.15) is 28.7 Å². The highest BCUT2D eigenvalue weighted by Crippen LogP contribution is 2.44. The van der Waals surface area contributed by atoms with Crippen molar-refractivity contribution in [1.29, 1.82) is 0 Å². The first kappa shape index (κ1) is 29.2. The van der Waals surface area contributed by atoms with Crippen LogP contribution in [0.25, 0.3) is 10.6 Å². The van der Waals surface area contributed by atoms with Crippen LogP contribution in [0.5, 0.6) is 0 Å². The number of imidazole rings is 1. The van der Waals surface area contributed by atoms with E-state index in [-0.39, 0.29) is 18.4 Å². The molecule has 7 rings (SSSR count). The lowest BCUT2D eigenvalue weighted by atomic mass is 9.76. The molecule has 0 spiro atoms. The molecule has 3 heterocycles. The zero-order chi connectivity index (χ0) is 30.8. The minimum atomic E-state index is -0.700. The number of rotatable bonds is 8. The molecular formula is C37H29IN4O2S. The average molecular weight is 721 g/mol. The first-order chi connectivity index (χ1) is 22.1. The fraction of sp³-hybridized carbons (Fsp3) is 0.108. The number of anilines is 2. The molecular weight excluding hydrogens is 691 g/mol. The molecule has 0 unspecified atom stereocenters. The molecule has 4 aromatic carbocycles. The maximum absolute atomic E-state index is 13.3. The number of fused-ring (bicyclic) bond motifs is 1. The average Bonchev–Trinajstić information content (AvgIpc) is 3.75. The molecule has 1 N–H and O–H groups in total. The Morgan fingerprint density at radius 1 is 0.844 bits per heavy atom. The summed E-state index contributed by atoms with van der Waals surface area (Å²) in [5, 5.41) is 5.02. The van der Waals surface area contributed by atoms with Crippen molar-refractivity contribution in [3.8, 4) is 10.6 Å². The number of benzene rings is 4. The van der Waals surface area contributed by atoms with E-state index in [1.165, 1.54) is 11.3 Å². The summed E-state index contributed by atoms with van der Waals surface area (Å²) in [6.45, 7) is -0.0445. The van der Waals surface area contributed by atoms with Crippen LogP contribution < -0.4 is 10.2 Å². The number of halogens is 1. The predicted molar refractivity (Wildman–Crippen MR) is 189 cm³/mol. The van der Waals surface area contributed by atoms with E-state index in [0.717, 1.165) is 42.1 Å². The number of amides is 2. The standard InChI is InChI=1S/C37H29IN4O2S/c38-30-17-9-8-16-29(30)37(27-12-3-1-4-13-27,28-14-5-2-6-15-28)41-23-32(39-25-41)36-31(21-22-45-36)40-34(43)24-42-33-18-10-7-11-26(33)19-20-35(42)44/h1-18,21-23,25H,19-20,24H2,(H,40,43). The molecule has 1 aliphatic heterocycles. The SMILES string of the molecule is O=C(CN1C(=O)CCc2ccccc21)Nc1ccsc1-c1cn(C(c2ccccc2)(c2ccccc2)c2ccccc2I)cn1. The van der Waals surface area contributed by atoms with Gasteiger partial charge in [-0.1, -0.05) is 97.1 Å². The Bertz CT molecular complexity index is 1950. The highest BCUT2D eigenvalue weighted by atomic mass is 127. The first-order valence-corrected chi connectivity index (χ1v) is 16.7. The molecule has 2 amide bonds. The number of thiophene rings is 1. The van der Waals surface area contributed by atoms with Crippen LogP contribution in [0.2, 0.25) is 0 Å². The summed E-state index contributed by atoms with van der Waals surface area (Å²) in [4.78, 5) is 33.5. The minimum absolute atomic E-state index is 0.0400. The van der Waals surface area contributed by atoms with Gasteiger partial charge >= 0.3 is 0 Å². The van der Waals surface area contributed by atoms with Crippen molar-refractivity contribution in [1.82, 2.24) is 9.55 Å². The van der Waals surface area contributed by atoms with E-state index in [1.807, 2.05) is 54.2 Å². The van der Waals surface area contributed by atoms with Crippen molar-refractivity contribution >= 4 is 57.1 Å². The van der Waals surface area contributed by atoms with E-state index < -0.39 is 5.54 Å². The molecule has 8 heteroatoms. The summed E-state index contributed by atoms with van der Waals surface area (Å²) in [6.07, 6.45) is 5.04. The minimum Gasteiger partial charge on any atom is -0.323 e. The summed E-state index contributed by atoms with van der Waals surface area (Å²) >= 11 is 3.94. The smallest absolute Gasteiger partial charge is 0.244 e. The van der Waals surface area contributed by atoms with E-state index in [1.54, 1.807) is 4.90 Å². The van der Waals surface area contributed by atoms with Gasteiger partial charge in [-0.05, 0) is 69.3 Å². The Labute approximate surface area is 279 Å². The number of hydrogen-bond acceptors (Lipinski definition) is 4. The molecule has 0 atom stereocenters. The third-order valence-electron chi connectivity index (χ3n) is 8.28. The zero-order valence-corrected chi connectivity index (χ0v) is 27.2. The number of carbonyl (C=O) groups excluding carboxylic acids is 2. The van der Waals surface area contributed by atoms with Gasteiger partial charge in [0.15, 0.2) is 0 Å². The van der Waals surface area contributed by atoms with Crippen LogP contribution >= 0.6 is 33.9 Å². The van der Waals surface area contributed by atoms with E-state index in [0.29, 0.717) is 18.5 Å². The fourth-order valence-corrected chi connectivity index (χ4v) is 7.85. The molecule has 0 bridgehead atoms. The second-order valence-electron chi connectivity index (χ2n) is 10.9. The lowest BCUT2D eigenvalue weighted by molar-refractivity contribution is -0.121. The molecule has 6 nitrogen and oxygen atoms in total. The summed E-state index contributed by atoms with van der Waals surface area (Å²) in [5.41, 5.74) is 5.97. The van der Waals surface area contributed by atoms with E-state index in [2.05, 4.69) is 111 Å². The molecule has 0 fully saturated rings. The van der Waals surface area contributed by atoms with E-state index >= 15 is 0 Å². The van der Waals surface area contributed by atoms with Gasteiger partial charge in [-0.25, -0.2) is 4.98 Å². The number of aromatic nitrogens is 2. The van der Waals surface area contributed by atoms with E-state index in [4.69, 9.17) is 4.98 Å². The number of carbonyl (C=O) groups is 2. The quantitative estimate of drug-likeness (QED) is 0.128. The van der Waals surface area contributed by atoms with Gasteiger partial charge in [0, 0.05) is 27.4 Å². The highest BCUT2D eigenvalue weighted by molar-refractivity contribution is 14.1. The van der Waals surface area contributed by atoms with Crippen LogP contribution in [-0.2, 0) is 21.5 Å². The molecule has 2 aromatic heterocycles. The monoisotopic (exact) mass is 720 g/mol. The van der Waals surface area contributed by atoms with Crippen molar-refractivity contribution in [3.05, 3.63) is 159 Å².